The largest absolute Gasteiger partial charge is 0.366 e. The van der Waals surface area contributed by atoms with Crippen molar-refractivity contribution in [3.63, 3.8) is 0 Å². The van der Waals surface area contributed by atoms with E-state index in [4.69, 9.17) is 0 Å². The fourth-order valence-electron chi connectivity index (χ4n) is 4.92. The lowest BCUT2D eigenvalue weighted by molar-refractivity contribution is -0.140. The lowest BCUT2D eigenvalue weighted by Crippen LogP contribution is -2.45. The number of hydrogen-bond donors (Lipinski definition) is 0. The van der Waals surface area contributed by atoms with Crippen LogP contribution in [-0.2, 0) is 9.59 Å². The van der Waals surface area contributed by atoms with Gasteiger partial charge in [0.15, 0.2) is 0 Å². The number of thiophene rings is 1. The van der Waals surface area contributed by atoms with Gasteiger partial charge >= 0.3 is 0 Å². The Hall–Kier alpha value is -1.66. The molecule has 3 heterocycles. The molecule has 4 rings (SSSR count). The Labute approximate surface area is 172 Å². The van der Waals surface area contributed by atoms with Crippen LogP contribution in [0.5, 0.6) is 0 Å². The maximum absolute atomic E-state index is 13.6. The minimum absolute atomic E-state index is 0.0563. The highest BCUT2D eigenvalue weighted by atomic mass is 32.1. The normalized spacial score (nSPS) is 23.6. The molecule has 0 bridgehead atoms. The van der Waals surface area contributed by atoms with E-state index in [0.717, 1.165) is 56.5 Å². The third-order valence-corrected chi connectivity index (χ3v) is 7.52. The van der Waals surface area contributed by atoms with Crippen molar-refractivity contribution >= 4 is 28.7 Å². The topological polar surface area (TPSA) is 43.9 Å². The van der Waals surface area contributed by atoms with Crippen molar-refractivity contribution in [1.82, 2.24) is 14.7 Å². The molecule has 28 heavy (non-hydrogen) atoms. The Morgan fingerprint density at radius 1 is 1.00 bits per heavy atom. The molecule has 5 nitrogen and oxygen atoms in total. The quantitative estimate of drug-likeness (QED) is 0.571. The van der Waals surface area contributed by atoms with Crippen molar-refractivity contribution in [1.29, 1.82) is 0 Å². The van der Waals surface area contributed by atoms with E-state index in [1.54, 1.807) is 16.2 Å². The summed E-state index contributed by atoms with van der Waals surface area (Å²) in [5, 5.41) is 1.99. The number of piperidine rings is 1. The molecule has 1 aliphatic carbocycles. The van der Waals surface area contributed by atoms with E-state index in [2.05, 4.69) is 16.8 Å². The number of likely N-dealkylation sites (tertiary alicyclic amines) is 1. The fourth-order valence-corrected chi connectivity index (χ4v) is 5.68. The maximum Gasteiger partial charge on any atom is 0.278 e. The highest BCUT2D eigenvalue weighted by Gasteiger charge is 2.45. The zero-order chi connectivity index (χ0) is 19.7. The van der Waals surface area contributed by atoms with Gasteiger partial charge in [-0.15, -0.1) is 11.3 Å². The molecule has 2 aliphatic heterocycles. The second-order valence-corrected chi connectivity index (χ2v) is 9.42. The Balaban J connectivity index is 1.67. The average molecular weight is 402 g/mol. The first-order chi connectivity index (χ1) is 13.6. The summed E-state index contributed by atoms with van der Waals surface area (Å²) in [6, 6.07) is 4.31. The van der Waals surface area contributed by atoms with Crippen molar-refractivity contribution in [3.8, 4) is 0 Å². The van der Waals surface area contributed by atoms with E-state index in [1.807, 2.05) is 24.6 Å². The predicted molar refractivity (Wildman–Crippen MR) is 113 cm³/mol. The molecule has 2 amide bonds. The molecule has 0 atom stereocenters. The van der Waals surface area contributed by atoms with Crippen molar-refractivity contribution in [2.24, 2.45) is 0 Å². The minimum Gasteiger partial charge on any atom is -0.366 e. The Bertz CT molecular complexity index is 742. The van der Waals surface area contributed by atoms with Gasteiger partial charge in [-0.2, -0.15) is 0 Å². The van der Waals surface area contributed by atoms with E-state index in [1.165, 1.54) is 12.8 Å². The summed E-state index contributed by atoms with van der Waals surface area (Å²) in [7, 11) is 4.16. The summed E-state index contributed by atoms with van der Waals surface area (Å²) in [5.41, 5.74) is 1.26. The molecule has 0 spiro atoms. The number of hydrogen-bond acceptors (Lipinski definition) is 5. The molecular formula is C22H31N3O2S. The first kappa shape index (κ1) is 19.6. The standard InChI is InChI=1S/C22H31N3O2S/c1-23-13-11-16(12-14-23)24(2)20-19(18-10-7-15-28-18)21(26)25(22(20)27)17-8-5-3-4-6-9-17/h7,10,15-17H,3-6,8-9,11-14H2,1-2H3. The summed E-state index contributed by atoms with van der Waals surface area (Å²) in [6.45, 7) is 2.07. The number of imide groups is 1. The molecule has 0 N–H and O–H groups in total. The van der Waals surface area contributed by atoms with Crippen molar-refractivity contribution in [2.75, 3.05) is 27.2 Å². The third kappa shape index (κ3) is 3.64. The van der Waals surface area contributed by atoms with Gasteiger partial charge in [-0.25, -0.2) is 0 Å². The third-order valence-electron chi connectivity index (χ3n) is 6.64. The molecule has 3 aliphatic rings. The molecule has 2 fully saturated rings. The smallest absolute Gasteiger partial charge is 0.278 e. The van der Waals surface area contributed by atoms with E-state index < -0.39 is 0 Å². The van der Waals surface area contributed by atoms with Crippen LogP contribution in [0, 0.1) is 0 Å². The van der Waals surface area contributed by atoms with E-state index in [-0.39, 0.29) is 17.9 Å². The molecular weight excluding hydrogens is 370 g/mol. The molecule has 0 radical (unpaired) electrons. The number of carbonyl (C=O) groups excluding carboxylic acids is 2. The summed E-state index contributed by atoms with van der Waals surface area (Å²) >= 11 is 1.55. The van der Waals surface area contributed by atoms with Crippen LogP contribution >= 0.6 is 11.3 Å². The van der Waals surface area contributed by atoms with Gasteiger partial charge in [0, 0.05) is 24.0 Å². The molecule has 1 saturated carbocycles. The van der Waals surface area contributed by atoms with Gasteiger partial charge in [0.1, 0.15) is 5.70 Å². The van der Waals surface area contributed by atoms with E-state index in [9.17, 15) is 9.59 Å². The molecule has 0 unspecified atom stereocenters. The first-order valence-electron chi connectivity index (χ1n) is 10.7. The summed E-state index contributed by atoms with van der Waals surface area (Å²) in [5.74, 6) is -0.143. The Morgan fingerprint density at radius 3 is 2.29 bits per heavy atom. The van der Waals surface area contributed by atoms with Gasteiger partial charge in [0.05, 0.1) is 5.57 Å². The van der Waals surface area contributed by atoms with Crippen LogP contribution in [0.15, 0.2) is 23.2 Å². The van der Waals surface area contributed by atoms with E-state index in [0.29, 0.717) is 17.3 Å². The van der Waals surface area contributed by atoms with Gasteiger partial charge in [-0.05, 0) is 57.3 Å². The minimum atomic E-state index is -0.0749. The Kier molecular flexibility index (Phi) is 5.88. The van der Waals surface area contributed by atoms with Gasteiger partial charge < -0.3 is 9.80 Å². The van der Waals surface area contributed by atoms with Crippen LogP contribution in [0.4, 0.5) is 0 Å². The second kappa shape index (κ2) is 8.37. The fraction of sp³-hybridized carbons (Fsp3) is 0.636. The SMILES string of the molecule is CN1CCC(N(C)C2=C(c3cccs3)C(=O)N(C3CCCCCC3)C2=O)CC1. The molecule has 6 heteroatoms. The Morgan fingerprint density at radius 2 is 1.68 bits per heavy atom. The highest BCUT2D eigenvalue weighted by Crippen LogP contribution is 2.38. The number of carbonyl (C=O) groups is 2. The van der Waals surface area contributed by atoms with Crippen molar-refractivity contribution in [3.05, 3.63) is 28.1 Å². The van der Waals surface area contributed by atoms with Crippen LogP contribution in [0.2, 0.25) is 0 Å². The summed E-state index contributed by atoms with van der Waals surface area (Å²) < 4.78 is 0. The maximum atomic E-state index is 13.6. The van der Waals surface area contributed by atoms with Crippen LogP contribution in [0.1, 0.15) is 56.2 Å². The summed E-state index contributed by atoms with van der Waals surface area (Å²) in [4.78, 5) is 34.1. The number of rotatable bonds is 4. The first-order valence-corrected chi connectivity index (χ1v) is 11.5. The molecule has 1 saturated heterocycles. The lowest BCUT2D eigenvalue weighted by Gasteiger charge is -2.37. The van der Waals surface area contributed by atoms with Crippen molar-refractivity contribution in [2.45, 2.75) is 63.5 Å². The zero-order valence-electron chi connectivity index (χ0n) is 17.0. The van der Waals surface area contributed by atoms with Gasteiger partial charge in [0.25, 0.3) is 11.8 Å². The van der Waals surface area contributed by atoms with Gasteiger partial charge in [0.2, 0.25) is 0 Å². The molecule has 152 valence electrons. The van der Waals surface area contributed by atoms with Crippen LogP contribution in [-0.4, -0.2) is 65.8 Å². The number of amides is 2. The van der Waals surface area contributed by atoms with Gasteiger partial charge in [-0.1, -0.05) is 31.7 Å². The molecule has 1 aromatic rings. The van der Waals surface area contributed by atoms with Crippen LogP contribution in [0.25, 0.3) is 5.57 Å². The number of likely N-dealkylation sites (N-methyl/N-ethyl adjacent to an activating group) is 1. The predicted octanol–water partition coefficient (Wildman–Crippen LogP) is 3.58. The summed E-state index contributed by atoms with van der Waals surface area (Å²) in [6.07, 6.45) is 8.58. The number of nitrogens with zero attached hydrogens (tertiary/aromatic N) is 3. The van der Waals surface area contributed by atoms with Gasteiger partial charge in [-0.3, -0.25) is 14.5 Å². The molecule has 0 aromatic carbocycles. The second-order valence-electron chi connectivity index (χ2n) is 8.47. The average Bonchev–Trinajstić information content (AvgIpc) is 3.20. The monoisotopic (exact) mass is 401 g/mol. The van der Waals surface area contributed by atoms with E-state index >= 15 is 0 Å². The highest BCUT2D eigenvalue weighted by molar-refractivity contribution is 7.11. The lowest BCUT2D eigenvalue weighted by atomic mass is 10.0. The molecule has 1 aromatic heterocycles. The van der Waals surface area contributed by atoms with Crippen LogP contribution < -0.4 is 0 Å². The van der Waals surface area contributed by atoms with Crippen molar-refractivity contribution < 1.29 is 9.59 Å². The zero-order valence-corrected chi connectivity index (χ0v) is 17.8. The van der Waals surface area contributed by atoms with Crippen LogP contribution in [0.3, 0.4) is 0 Å².